The molecule has 0 bridgehead atoms. The normalized spacial score (nSPS) is 22.1. The van der Waals surface area contributed by atoms with Crippen molar-refractivity contribution >= 4 is 44.7 Å². The number of hydrogen-bond acceptors (Lipinski definition) is 16. The summed E-state index contributed by atoms with van der Waals surface area (Å²) in [4.78, 5) is 29.9. The first-order valence-corrected chi connectivity index (χ1v) is 18.6. The number of amides is 2. The van der Waals surface area contributed by atoms with Crippen LogP contribution >= 0.6 is 0 Å². The van der Waals surface area contributed by atoms with Crippen molar-refractivity contribution in [1.29, 1.82) is 0 Å². The van der Waals surface area contributed by atoms with E-state index in [0.29, 0.717) is 37.3 Å². The first-order valence-electron chi connectivity index (χ1n) is 17.0. The summed E-state index contributed by atoms with van der Waals surface area (Å²) in [6, 6.07) is 13.8. The third kappa shape index (κ3) is 7.94. The van der Waals surface area contributed by atoms with Crippen LogP contribution in [0.5, 0.6) is 0 Å². The van der Waals surface area contributed by atoms with E-state index < -0.39 is 46.6 Å². The second-order valence-electron chi connectivity index (χ2n) is 12.9. The topological polar surface area (TPSA) is 294 Å². The van der Waals surface area contributed by atoms with Crippen LogP contribution in [0.1, 0.15) is 30.1 Å². The zero-order chi connectivity index (χ0) is 38.0. The quantitative estimate of drug-likeness (QED) is 0.0703. The molecule has 7 rings (SSSR count). The summed E-state index contributed by atoms with van der Waals surface area (Å²) in [6.45, 7) is 0.363. The van der Waals surface area contributed by atoms with Gasteiger partial charge in [0.1, 0.15) is 12.2 Å². The van der Waals surface area contributed by atoms with Gasteiger partial charge in [0.25, 0.3) is 0 Å². The Labute approximate surface area is 307 Å². The van der Waals surface area contributed by atoms with Gasteiger partial charge in [-0.05, 0) is 41.8 Å². The summed E-state index contributed by atoms with van der Waals surface area (Å²) in [5.74, 6) is 0.570. The van der Waals surface area contributed by atoms with E-state index in [-0.39, 0.29) is 53.8 Å². The van der Waals surface area contributed by atoms with Gasteiger partial charge in [-0.25, -0.2) is 23.3 Å². The maximum atomic E-state index is 12.9. The Bertz CT molecular complexity index is 2200. The molecular formula is C32H39N13O8S. The fraction of sp³-hybridized carbons (Fsp3) is 0.406. The maximum absolute atomic E-state index is 12.9. The van der Waals surface area contributed by atoms with Crippen molar-refractivity contribution in [2.24, 2.45) is 5.14 Å². The molecule has 5 aromatic rings. The molecule has 0 radical (unpaired) electrons. The molecular weight excluding hydrogens is 727 g/mol. The summed E-state index contributed by atoms with van der Waals surface area (Å²) in [7, 11) is -3.96. The third-order valence-electron chi connectivity index (χ3n) is 9.06. The van der Waals surface area contributed by atoms with Crippen molar-refractivity contribution in [3.8, 4) is 0 Å². The van der Waals surface area contributed by atoms with Gasteiger partial charge in [0, 0.05) is 24.8 Å². The number of sulfonamides is 1. The van der Waals surface area contributed by atoms with E-state index in [1.807, 2.05) is 35.2 Å². The van der Waals surface area contributed by atoms with Gasteiger partial charge in [-0.3, -0.25) is 4.57 Å². The number of tetrazole rings is 1. The van der Waals surface area contributed by atoms with Crippen LogP contribution in [0.4, 0.5) is 22.2 Å². The molecule has 2 aromatic carbocycles. The van der Waals surface area contributed by atoms with Gasteiger partial charge in [0.15, 0.2) is 29.3 Å². The Hall–Kier alpha value is -5.36. The van der Waals surface area contributed by atoms with Gasteiger partial charge in [0.05, 0.1) is 37.0 Å². The number of fused-ring (bicyclic) bond motifs is 1. The average molecular weight is 766 g/mol. The number of aliphatic hydroxyl groups excluding tert-OH is 4. The fourth-order valence-corrected chi connectivity index (χ4v) is 6.97. The minimum Gasteiger partial charge on any atom is -0.394 e. The highest BCUT2D eigenvalue weighted by Gasteiger charge is 2.47. The van der Waals surface area contributed by atoms with Crippen LogP contribution < -0.4 is 26.0 Å². The third-order valence-corrected chi connectivity index (χ3v) is 9.97. The Balaban J connectivity index is 1.15. The fourth-order valence-electron chi connectivity index (χ4n) is 6.41. The highest BCUT2D eigenvalue weighted by Crippen LogP contribution is 2.39. The molecule has 286 valence electrons. The van der Waals surface area contributed by atoms with Crippen molar-refractivity contribution in [2.45, 2.75) is 60.9 Å². The van der Waals surface area contributed by atoms with Crippen LogP contribution in [-0.4, -0.2) is 125 Å². The lowest BCUT2D eigenvalue weighted by Crippen LogP contribution is -2.40. The van der Waals surface area contributed by atoms with Crippen molar-refractivity contribution in [3.63, 3.8) is 0 Å². The summed E-state index contributed by atoms with van der Waals surface area (Å²) >= 11 is 0. The predicted octanol–water partition coefficient (Wildman–Crippen LogP) is -1.14. The van der Waals surface area contributed by atoms with Gasteiger partial charge < -0.3 is 46.0 Å². The second kappa shape index (κ2) is 15.5. The Morgan fingerprint density at radius 2 is 1.89 bits per heavy atom. The number of anilines is 3. The van der Waals surface area contributed by atoms with E-state index in [2.05, 4.69) is 36.3 Å². The molecule has 0 saturated carbocycles. The molecule has 22 heteroatoms. The standard InChI is InChI=1S/C32H39N13O8S/c33-54(51,52)22-8-4-7-19(14-22)36-32(50)37-20-9-10-43(15-20)31-38-27(35-21(16-47)13-18-5-2-1-3-6-18)23-29(39-31)44(17-34-23)30-25(49)24(48)26(53-30)28-40-42-45(41-28)11-12-46/h1-8,14,17,20-21,24-26,30,46-49H,9-13,15-16H2,(H2,33,51,52)(H,35,38,39)(H2,36,37,50)/t20-,21+,24+,25-,26+,30-/m1/s1. The number of hydrogen-bond donors (Lipinski definition) is 8. The van der Waals surface area contributed by atoms with E-state index in [1.54, 1.807) is 0 Å². The number of nitrogens with zero attached hydrogens (tertiary/aromatic N) is 9. The number of urea groups is 1. The van der Waals surface area contributed by atoms with Gasteiger partial charge in [-0.2, -0.15) is 14.8 Å². The number of benzene rings is 2. The first kappa shape index (κ1) is 37.0. The van der Waals surface area contributed by atoms with E-state index in [1.165, 1.54) is 35.2 Å². The van der Waals surface area contributed by atoms with Gasteiger partial charge in [0.2, 0.25) is 21.8 Å². The van der Waals surface area contributed by atoms with E-state index in [4.69, 9.17) is 19.8 Å². The Kier molecular flexibility index (Phi) is 10.6. The molecule has 0 unspecified atom stereocenters. The summed E-state index contributed by atoms with van der Waals surface area (Å²) < 4.78 is 31.1. The SMILES string of the molecule is NS(=O)(=O)c1cccc(NC(=O)N[C@@H]2CCN(c3nc(N[C@H](CO)Cc4ccccc4)c4ncn([C@@H]5O[C@H](c6nnn(CCO)n6)[C@@H](O)[C@H]5O)c4n3)C2)c1. The van der Waals surface area contributed by atoms with Crippen LogP contribution in [0, 0.1) is 0 Å². The molecule has 2 aliphatic rings. The molecule has 0 spiro atoms. The lowest BCUT2D eigenvalue weighted by molar-refractivity contribution is -0.0384. The number of carbonyl (C=O) groups is 1. The van der Waals surface area contributed by atoms with E-state index in [0.717, 1.165) is 10.4 Å². The first-order chi connectivity index (χ1) is 26.0. The largest absolute Gasteiger partial charge is 0.394 e. The van der Waals surface area contributed by atoms with E-state index in [9.17, 15) is 33.6 Å². The zero-order valence-electron chi connectivity index (χ0n) is 28.6. The van der Waals surface area contributed by atoms with Crippen LogP contribution in [0.15, 0.2) is 65.8 Å². The lowest BCUT2D eigenvalue weighted by atomic mass is 10.1. The number of nitrogens with one attached hydrogen (secondary N) is 3. The molecule has 2 aliphatic heterocycles. The second-order valence-corrected chi connectivity index (χ2v) is 14.5. The van der Waals surface area contributed by atoms with Gasteiger partial charge >= 0.3 is 6.03 Å². The maximum Gasteiger partial charge on any atom is 0.319 e. The minimum atomic E-state index is -3.96. The highest BCUT2D eigenvalue weighted by atomic mass is 32.2. The molecule has 2 saturated heterocycles. The van der Waals surface area contributed by atoms with Crippen LogP contribution in [-0.2, 0) is 27.7 Å². The van der Waals surface area contributed by atoms with Gasteiger partial charge in [-0.15, -0.1) is 10.2 Å². The molecule has 21 nitrogen and oxygen atoms in total. The molecule has 0 aliphatic carbocycles. The summed E-state index contributed by atoms with van der Waals surface area (Å²) in [5.41, 5.74) is 1.78. The van der Waals surface area contributed by atoms with Crippen molar-refractivity contribution in [1.82, 2.24) is 45.0 Å². The minimum absolute atomic E-state index is 0.0167. The molecule has 2 amide bonds. The van der Waals surface area contributed by atoms with Gasteiger partial charge in [-0.1, -0.05) is 36.4 Å². The number of nitrogens with two attached hydrogens (primary N) is 1. The Morgan fingerprint density at radius 3 is 2.65 bits per heavy atom. The number of aliphatic hydroxyl groups is 4. The van der Waals surface area contributed by atoms with Crippen molar-refractivity contribution < 1.29 is 38.4 Å². The number of primary sulfonamides is 1. The summed E-state index contributed by atoms with van der Waals surface area (Å²) in [6.07, 6.45) is -2.85. The predicted molar refractivity (Wildman–Crippen MR) is 190 cm³/mol. The number of ether oxygens (including phenoxy) is 1. The molecule has 2 fully saturated rings. The summed E-state index contributed by atoms with van der Waals surface area (Å²) in [5, 5.41) is 67.7. The van der Waals surface area contributed by atoms with Crippen LogP contribution in [0.3, 0.4) is 0 Å². The Morgan fingerprint density at radius 1 is 1.07 bits per heavy atom. The van der Waals surface area contributed by atoms with Crippen LogP contribution in [0.25, 0.3) is 11.2 Å². The number of rotatable bonds is 13. The number of imidazole rings is 1. The number of aromatic nitrogens is 8. The van der Waals surface area contributed by atoms with Crippen LogP contribution in [0.2, 0.25) is 0 Å². The molecule has 9 N–H and O–H groups in total. The monoisotopic (exact) mass is 765 g/mol. The smallest absolute Gasteiger partial charge is 0.319 e. The van der Waals surface area contributed by atoms with E-state index >= 15 is 0 Å². The molecule has 5 heterocycles. The lowest BCUT2D eigenvalue weighted by Gasteiger charge is -2.22. The van der Waals surface area contributed by atoms with Crippen molar-refractivity contribution in [3.05, 3.63) is 72.3 Å². The highest BCUT2D eigenvalue weighted by molar-refractivity contribution is 7.89. The molecule has 3 aromatic heterocycles. The van der Waals surface area contributed by atoms with Crippen molar-refractivity contribution in [2.75, 3.05) is 41.8 Å². The number of carbonyl (C=O) groups excluding carboxylic acids is 1. The molecule has 54 heavy (non-hydrogen) atoms. The average Bonchev–Trinajstić information content (AvgIpc) is 3.96. The zero-order valence-corrected chi connectivity index (χ0v) is 29.4. The molecule has 6 atom stereocenters.